The van der Waals surface area contributed by atoms with Crippen molar-refractivity contribution in [2.24, 2.45) is 4.99 Å². The molecule has 2 aromatic carbocycles. The molecule has 0 spiro atoms. The fraction of sp³-hybridized carbons (Fsp3) is 0.381. The Kier molecular flexibility index (Phi) is 8.62. The smallest absolute Gasteiger partial charge is 0.191 e. The largest absolute Gasteiger partial charge is 0.381 e. The monoisotopic (exact) mass is 501 g/mol. The lowest BCUT2D eigenvalue weighted by atomic mass is 9.74. The molecule has 0 aliphatic carbocycles. The van der Waals surface area contributed by atoms with E-state index in [1.807, 2.05) is 18.2 Å². The third kappa shape index (κ3) is 5.88. The lowest BCUT2D eigenvalue weighted by Crippen LogP contribution is -2.47. The summed E-state index contributed by atoms with van der Waals surface area (Å²) in [5, 5.41) is 6.59. The fourth-order valence-corrected chi connectivity index (χ4v) is 3.44. The predicted molar refractivity (Wildman–Crippen MR) is 118 cm³/mol. The number of aliphatic imine (C=N–C) groups is 1. The Morgan fingerprint density at radius 3 is 2.39 bits per heavy atom. The number of nitrogens with zero attached hydrogens (tertiary/aromatic N) is 1. The minimum Gasteiger partial charge on any atom is -0.381 e. The number of hydrogen-bond donors (Lipinski definition) is 2. The number of guanidine groups is 1. The summed E-state index contributed by atoms with van der Waals surface area (Å²) in [6, 6.07) is 13.2. The van der Waals surface area contributed by atoms with Crippen LogP contribution in [0, 0.1) is 11.6 Å². The molecule has 1 saturated heterocycles. The van der Waals surface area contributed by atoms with E-state index in [2.05, 4.69) is 15.6 Å². The van der Waals surface area contributed by atoms with Crippen LogP contribution in [-0.2, 0) is 16.7 Å². The van der Waals surface area contributed by atoms with Crippen LogP contribution in [0.1, 0.15) is 24.0 Å². The van der Waals surface area contributed by atoms with E-state index in [9.17, 15) is 8.78 Å². The molecule has 0 radical (unpaired) electrons. The number of halogens is 3. The SMILES string of the molecule is CN=C(NCc1cccc(F)c1)NCC1(c2ccc(F)cc2)CCOCC1.I. The minimum atomic E-state index is -0.255. The Hall–Kier alpha value is -1.74. The maximum Gasteiger partial charge on any atom is 0.191 e. The van der Waals surface area contributed by atoms with E-state index in [4.69, 9.17) is 4.74 Å². The highest BCUT2D eigenvalue weighted by Gasteiger charge is 2.34. The Morgan fingerprint density at radius 1 is 1.04 bits per heavy atom. The molecule has 28 heavy (non-hydrogen) atoms. The second-order valence-corrected chi connectivity index (χ2v) is 6.81. The van der Waals surface area contributed by atoms with Crippen LogP contribution in [0.25, 0.3) is 0 Å². The molecule has 3 rings (SSSR count). The molecule has 4 nitrogen and oxygen atoms in total. The molecule has 1 heterocycles. The van der Waals surface area contributed by atoms with Crippen molar-refractivity contribution < 1.29 is 13.5 Å². The van der Waals surface area contributed by atoms with E-state index in [1.165, 1.54) is 24.3 Å². The Bertz CT molecular complexity index is 777. The van der Waals surface area contributed by atoms with E-state index in [1.54, 1.807) is 13.1 Å². The van der Waals surface area contributed by atoms with E-state index in [0.29, 0.717) is 32.3 Å². The second kappa shape index (κ2) is 10.7. The maximum absolute atomic E-state index is 13.3. The van der Waals surface area contributed by atoms with E-state index in [-0.39, 0.29) is 41.0 Å². The highest BCUT2D eigenvalue weighted by atomic mass is 127. The van der Waals surface area contributed by atoms with Crippen molar-refractivity contribution >= 4 is 29.9 Å². The van der Waals surface area contributed by atoms with E-state index >= 15 is 0 Å². The third-order valence-electron chi connectivity index (χ3n) is 5.07. The molecule has 2 aromatic rings. The van der Waals surface area contributed by atoms with Crippen molar-refractivity contribution in [1.29, 1.82) is 0 Å². The summed E-state index contributed by atoms with van der Waals surface area (Å²) in [5.74, 6) is 0.156. The van der Waals surface area contributed by atoms with Crippen LogP contribution < -0.4 is 10.6 Å². The predicted octanol–water partition coefficient (Wildman–Crippen LogP) is 4.00. The van der Waals surface area contributed by atoms with Gasteiger partial charge >= 0.3 is 0 Å². The highest BCUT2D eigenvalue weighted by Crippen LogP contribution is 2.34. The van der Waals surface area contributed by atoms with Gasteiger partial charge in [0.05, 0.1) is 0 Å². The second-order valence-electron chi connectivity index (χ2n) is 6.81. The van der Waals surface area contributed by atoms with Crippen LogP contribution in [0.5, 0.6) is 0 Å². The molecule has 1 fully saturated rings. The quantitative estimate of drug-likeness (QED) is 0.370. The molecule has 0 amide bonds. The van der Waals surface area contributed by atoms with Gasteiger partial charge in [0.25, 0.3) is 0 Å². The molecular formula is C21H26F2IN3O. The lowest BCUT2D eigenvalue weighted by Gasteiger charge is -2.38. The summed E-state index contributed by atoms with van der Waals surface area (Å²) in [4.78, 5) is 4.26. The van der Waals surface area contributed by atoms with Gasteiger partial charge in [0.1, 0.15) is 11.6 Å². The summed E-state index contributed by atoms with van der Waals surface area (Å²) >= 11 is 0. The van der Waals surface area contributed by atoms with Gasteiger partial charge in [0.2, 0.25) is 0 Å². The van der Waals surface area contributed by atoms with Gasteiger partial charge in [-0.25, -0.2) is 8.78 Å². The average molecular weight is 501 g/mol. The van der Waals surface area contributed by atoms with Crippen molar-refractivity contribution in [3.63, 3.8) is 0 Å². The molecule has 0 bridgehead atoms. The van der Waals surface area contributed by atoms with Gasteiger partial charge in [-0.05, 0) is 48.2 Å². The van der Waals surface area contributed by atoms with E-state index in [0.717, 1.165) is 24.0 Å². The van der Waals surface area contributed by atoms with Crippen LogP contribution in [0.3, 0.4) is 0 Å². The Labute approximate surface area is 181 Å². The number of hydrogen-bond acceptors (Lipinski definition) is 2. The standard InChI is InChI=1S/C21H25F2N3O.HI/c1-24-20(25-14-16-3-2-4-19(23)13-16)26-15-21(9-11-27-12-10-21)17-5-7-18(22)8-6-17;/h2-8,13H,9-12,14-15H2,1H3,(H2,24,25,26);1H. The third-order valence-corrected chi connectivity index (χ3v) is 5.07. The fourth-order valence-electron chi connectivity index (χ4n) is 3.44. The number of ether oxygens (including phenoxy) is 1. The first-order valence-electron chi connectivity index (χ1n) is 9.14. The zero-order valence-electron chi connectivity index (χ0n) is 15.9. The van der Waals surface area contributed by atoms with Crippen LogP contribution in [-0.4, -0.2) is 32.8 Å². The molecule has 0 atom stereocenters. The van der Waals surface area contributed by atoms with Gasteiger partial charge in [-0.2, -0.15) is 0 Å². The zero-order valence-corrected chi connectivity index (χ0v) is 18.2. The Morgan fingerprint density at radius 2 is 1.75 bits per heavy atom. The first-order chi connectivity index (χ1) is 13.1. The zero-order chi connectivity index (χ0) is 19.1. The first kappa shape index (κ1) is 22.5. The maximum atomic E-state index is 13.3. The minimum absolute atomic E-state index is 0. The van der Waals surface area contributed by atoms with Crippen LogP contribution >= 0.6 is 24.0 Å². The summed E-state index contributed by atoms with van der Waals surface area (Å²) in [5.41, 5.74) is 1.81. The van der Waals surface area contributed by atoms with Crippen molar-refractivity contribution in [3.05, 3.63) is 71.3 Å². The molecule has 7 heteroatoms. The highest BCUT2D eigenvalue weighted by molar-refractivity contribution is 14.0. The topological polar surface area (TPSA) is 45.7 Å². The van der Waals surface area contributed by atoms with Gasteiger partial charge < -0.3 is 15.4 Å². The van der Waals surface area contributed by atoms with Crippen molar-refractivity contribution in [2.45, 2.75) is 24.8 Å². The van der Waals surface area contributed by atoms with Crippen LogP contribution in [0.2, 0.25) is 0 Å². The molecule has 0 aromatic heterocycles. The van der Waals surface area contributed by atoms with E-state index < -0.39 is 0 Å². The molecule has 1 aliphatic heterocycles. The lowest BCUT2D eigenvalue weighted by molar-refractivity contribution is 0.0513. The summed E-state index contributed by atoms with van der Waals surface area (Å²) in [7, 11) is 1.70. The summed E-state index contributed by atoms with van der Waals surface area (Å²) < 4.78 is 32.2. The summed E-state index contributed by atoms with van der Waals surface area (Å²) in [6.45, 7) is 2.48. The number of benzene rings is 2. The van der Waals surface area contributed by atoms with Crippen molar-refractivity contribution in [3.8, 4) is 0 Å². The van der Waals surface area contributed by atoms with Crippen LogP contribution in [0.15, 0.2) is 53.5 Å². The normalized spacial score (nSPS) is 16.2. The first-order valence-corrected chi connectivity index (χ1v) is 9.14. The van der Waals surface area contributed by atoms with Crippen LogP contribution in [0.4, 0.5) is 8.78 Å². The van der Waals surface area contributed by atoms with Gasteiger partial charge in [0.15, 0.2) is 5.96 Å². The molecule has 0 saturated carbocycles. The van der Waals surface area contributed by atoms with Gasteiger partial charge in [-0.15, -0.1) is 24.0 Å². The molecular weight excluding hydrogens is 475 g/mol. The Balaban J connectivity index is 0.00000280. The number of nitrogens with one attached hydrogen (secondary N) is 2. The molecule has 0 unspecified atom stereocenters. The molecule has 152 valence electrons. The average Bonchev–Trinajstić information content (AvgIpc) is 2.69. The molecule has 1 aliphatic rings. The van der Waals surface area contributed by atoms with Gasteiger partial charge in [-0.3, -0.25) is 4.99 Å². The molecule has 2 N–H and O–H groups in total. The number of rotatable bonds is 5. The van der Waals surface area contributed by atoms with Gasteiger partial charge in [-0.1, -0.05) is 24.3 Å². The summed E-state index contributed by atoms with van der Waals surface area (Å²) in [6.07, 6.45) is 1.71. The van der Waals surface area contributed by atoms with Crippen molar-refractivity contribution in [2.75, 3.05) is 26.8 Å². The van der Waals surface area contributed by atoms with Gasteiger partial charge in [0, 0.05) is 38.8 Å². The van der Waals surface area contributed by atoms with Crippen molar-refractivity contribution in [1.82, 2.24) is 10.6 Å².